The molecular formula is C14H16BrNO. The van der Waals surface area contributed by atoms with Gasteiger partial charge in [0.1, 0.15) is 0 Å². The number of anilines is 1. The molecule has 0 aliphatic carbocycles. The Labute approximate surface area is 111 Å². The number of rotatable bonds is 2. The van der Waals surface area contributed by atoms with Crippen molar-refractivity contribution < 1.29 is 4.74 Å². The average molecular weight is 294 g/mol. The van der Waals surface area contributed by atoms with Crippen LogP contribution in [-0.4, -0.2) is 26.3 Å². The summed E-state index contributed by atoms with van der Waals surface area (Å²) in [5.41, 5.74) is 2.11. The second-order valence-corrected chi connectivity index (χ2v) is 5.14. The van der Waals surface area contributed by atoms with Gasteiger partial charge in [0.25, 0.3) is 0 Å². The van der Waals surface area contributed by atoms with Crippen LogP contribution in [-0.2, 0) is 4.74 Å². The van der Waals surface area contributed by atoms with E-state index in [1.165, 1.54) is 0 Å². The number of nitrogens with zero attached hydrogens (tertiary/aromatic N) is 1. The van der Waals surface area contributed by atoms with Gasteiger partial charge in [-0.1, -0.05) is 21.9 Å². The lowest BCUT2D eigenvalue weighted by Gasteiger charge is -2.33. The van der Waals surface area contributed by atoms with Crippen LogP contribution in [0.1, 0.15) is 18.4 Å². The number of piperidine rings is 1. The second kappa shape index (κ2) is 5.57. The molecule has 0 N–H and O–H groups in total. The maximum Gasteiger partial charge on any atom is 0.0605 e. The van der Waals surface area contributed by atoms with Crippen molar-refractivity contribution in [3.63, 3.8) is 0 Å². The lowest BCUT2D eigenvalue weighted by molar-refractivity contribution is 0.0819. The first kappa shape index (κ1) is 12.5. The Morgan fingerprint density at radius 3 is 2.71 bits per heavy atom. The van der Waals surface area contributed by atoms with E-state index in [1.807, 2.05) is 12.1 Å². The van der Waals surface area contributed by atoms with Crippen molar-refractivity contribution in [2.24, 2.45) is 0 Å². The van der Waals surface area contributed by atoms with E-state index in [4.69, 9.17) is 11.2 Å². The molecule has 3 heteroatoms. The summed E-state index contributed by atoms with van der Waals surface area (Å²) in [6.07, 6.45) is 8.07. The maximum absolute atomic E-state index is 5.54. The molecule has 1 aliphatic rings. The third kappa shape index (κ3) is 2.83. The minimum absolute atomic E-state index is 0.396. The molecule has 90 valence electrons. The van der Waals surface area contributed by atoms with Gasteiger partial charge in [-0.25, -0.2) is 0 Å². The van der Waals surface area contributed by atoms with Gasteiger partial charge in [-0.05, 0) is 31.0 Å². The smallest absolute Gasteiger partial charge is 0.0605 e. The molecule has 0 amide bonds. The summed E-state index contributed by atoms with van der Waals surface area (Å²) in [7, 11) is 1.78. The molecular weight excluding hydrogens is 278 g/mol. The summed E-state index contributed by atoms with van der Waals surface area (Å²) in [6.45, 7) is 2.01. The molecule has 1 saturated heterocycles. The second-order valence-electron chi connectivity index (χ2n) is 4.23. The van der Waals surface area contributed by atoms with Crippen LogP contribution < -0.4 is 4.90 Å². The molecule has 1 aromatic rings. The van der Waals surface area contributed by atoms with Gasteiger partial charge in [0.05, 0.1) is 11.8 Å². The zero-order valence-corrected chi connectivity index (χ0v) is 11.5. The van der Waals surface area contributed by atoms with E-state index < -0.39 is 0 Å². The lowest BCUT2D eigenvalue weighted by atomic mass is 10.1. The molecule has 2 nitrogen and oxygen atoms in total. The number of ether oxygens (including phenoxy) is 1. The van der Waals surface area contributed by atoms with Crippen molar-refractivity contribution in [3.05, 3.63) is 28.2 Å². The van der Waals surface area contributed by atoms with E-state index >= 15 is 0 Å². The van der Waals surface area contributed by atoms with E-state index in [0.29, 0.717) is 6.10 Å². The summed E-state index contributed by atoms with van der Waals surface area (Å²) in [4.78, 5) is 2.34. The molecule has 1 aromatic carbocycles. The first-order chi connectivity index (χ1) is 8.24. The van der Waals surface area contributed by atoms with Gasteiger partial charge in [-0.15, -0.1) is 6.42 Å². The predicted molar refractivity (Wildman–Crippen MR) is 74.3 cm³/mol. The molecule has 0 saturated carbocycles. The van der Waals surface area contributed by atoms with Crippen LogP contribution in [0.5, 0.6) is 0 Å². The number of benzene rings is 1. The van der Waals surface area contributed by atoms with Crippen LogP contribution in [0.2, 0.25) is 0 Å². The van der Waals surface area contributed by atoms with E-state index in [2.05, 4.69) is 32.8 Å². The molecule has 17 heavy (non-hydrogen) atoms. The van der Waals surface area contributed by atoms with Crippen molar-refractivity contribution in [2.75, 3.05) is 25.1 Å². The van der Waals surface area contributed by atoms with E-state index in [0.717, 1.165) is 41.7 Å². The van der Waals surface area contributed by atoms with Gasteiger partial charge < -0.3 is 9.64 Å². The Hall–Kier alpha value is -0.980. The summed E-state index contributed by atoms with van der Waals surface area (Å²) in [5, 5.41) is 0. The Kier molecular flexibility index (Phi) is 4.09. The van der Waals surface area contributed by atoms with E-state index in [-0.39, 0.29) is 0 Å². The minimum Gasteiger partial charge on any atom is -0.381 e. The van der Waals surface area contributed by atoms with Crippen molar-refractivity contribution >= 4 is 21.6 Å². The Bertz CT molecular complexity index is 430. The standard InChI is InChI=1S/C14H16BrNO/c1-3-11-4-5-12(15)10-14(11)16-8-6-13(17-2)7-9-16/h1,4-5,10,13H,6-9H2,2H3. The first-order valence-corrected chi connectivity index (χ1v) is 6.58. The van der Waals surface area contributed by atoms with Gasteiger partial charge in [0.2, 0.25) is 0 Å². The zero-order chi connectivity index (χ0) is 12.3. The molecule has 0 spiro atoms. The Morgan fingerprint density at radius 1 is 1.41 bits per heavy atom. The molecule has 0 radical (unpaired) electrons. The van der Waals surface area contributed by atoms with Gasteiger partial charge in [-0.2, -0.15) is 0 Å². The van der Waals surface area contributed by atoms with Crippen LogP contribution >= 0.6 is 15.9 Å². The monoisotopic (exact) mass is 293 g/mol. The van der Waals surface area contributed by atoms with Crippen molar-refractivity contribution in [1.29, 1.82) is 0 Å². The molecule has 1 fully saturated rings. The fraction of sp³-hybridized carbons (Fsp3) is 0.429. The number of hydrogen-bond acceptors (Lipinski definition) is 2. The first-order valence-electron chi connectivity index (χ1n) is 5.78. The van der Waals surface area contributed by atoms with Crippen molar-refractivity contribution in [3.8, 4) is 12.3 Å². The molecule has 0 atom stereocenters. The lowest BCUT2D eigenvalue weighted by Crippen LogP contribution is -2.37. The third-order valence-electron chi connectivity index (χ3n) is 3.23. The van der Waals surface area contributed by atoms with Gasteiger partial charge in [0, 0.05) is 30.2 Å². The highest BCUT2D eigenvalue weighted by Gasteiger charge is 2.20. The summed E-state index contributed by atoms with van der Waals surface area (Å²) < 4.78 is 6.45. The Balaban J connectivity index is 2.18. The van der Waals surface area contributed by atoms with Crippen LogP contribution in [0.4, 0.5) is 5.69 Å². The van der Waals surface area contributed by atoms with Crippen molar-refractivity contribution in [2.45, 2.75) is 18.9 Å². The van der Waals surface area contributed by atoms with Gasteiger partial charge >= 0.3 is 0 Å². The maximum atomic E-state index is 5.54. The molecule has 0 bridgehead atoms. The quantitative estimate of drug-likeness (QED) is 0.777. The minimum atomic E-state index is 0.396. The van der Waals surface area contributed by atoms with Crippen LogP contribution in [0, 0.1) is 12.3 Å². The molecule has 1 aliphatic heterocycles. The highest BCUT2D eigenvalue weighted by atomic mass is 79.9. The summed E-state index contributed by atoms with van der Waals surface area (Å²) in [6, 6.07) is 6.07. The van der Waals surface area contributed by atoms with Crippen molar-refractivity contribution in [1.82, 2.24) is 0 Å². The third-order valence-corrected chi connectivity index (χ3v) is 3.72. The number of hydrogen-bond donors (Lipinski definition) is 0. The number of halogens is 1. The predicted octanol–water partition coefficient (Wildman–Crippen LogP) is 3.05. The van der Waals surface area contributed by atoms with Crippen LogP contribution in [0.3, 0.4) is 0 Å². The molecule has 0 unspecified atom stereocenters. The summed E-state index contributed by atoms with van der Waals surface area (Å²) >= 11 is 3.50. The fourth-order valence-electron chi connectivity index (χ4n) is 2.22. The number of terminal acetylenes is 1. The number of methoxy groups -OCH3 is 1. The normalized spacial score (nSPS) is 16.9. The molecule has 0 aromatic heterocycles. The van der Waals surface area contributed by atoms with Gasteiger partial charge in [0.15, 0.2) is 0 Å². The van der Waals surface area contributed by atoms with E-state index in [9.17, 15) is 0 Å². The zero-order valence-electron chi connectivity index (χ0n) is 9.95. The largest absolute Gasteiger partial charge is 0.381 e. The SMILES string of the molecule is C#Cc1ccc(Br)cc1N1CCC(OC)CC1. The highest BCUT2D eigenvalue weighted by Crippen LogP contribution is 2.27. The average Bonchev–Trinajstić information content (AvgIpc) is 2.39. The summed E-state index contributed by atoms with van der Waals surface area (Å²) in [5.74, 6) is 2.75. The fourth-order valence-corrected chi connectivity index (χ4v) is 2.57. The van der Waals surface area contributed by atoms with E-state index in [1.54, 1.807) is 7.11 Å². The molecule has 2 rings (SSSR count). The Morgan fingerprint density at radius 2 is 2.12 bits per heavy atom. The molecule has 1 heterocycles. The van der Waals surface area contributed by atoms with Gasteiger partial charge in [-0.3, -0.25) is 0 Å². The van der Waals surface area contributed by atoms with Crippen LogP contribution in [0.15, 0.2) is 22.7 Å². The van der Waals surface area contributed by atoms with Crippen LogP contribution in [0.25, 0.3) is 0 Å². The highest BCUT2D eigenvalue weighted by molar-refractivity contribution is 9.10. The topological polar surface area (TPSA) is 12.5 Å².